The van der Waals surface area contributed by atoms with E-state index in [0.717, 1.165) is 19.3 Å². The minimum absolute atomic E-state index is 0.0283. The van der Waals surface area contributed by atoms with Crippen molar-refractivity contribution in [1.29, 1.82) is 0 Å². The van der Waals surface area contributed by atoms with Crippen LogP contribution in [-0.4, -0.2) is 23.6 Å². The monoisotopic (exact) mass is 261 g/mol. The molecule has 0 aliphatic heterocycles. The Balaban J connectivity index is 1.95. The summed E-state index contributed by atoms with van der Waals surface area (Å²) in [6.45, 7) is 0. The highest BCUT2D eigenvalue weighted by Crippen LogP contribution is 2.26. The summed E-state index contributed by atoms with van der Waals surface area (Å²) in [6, 6.07) is 5.48. The van der Waals surface area contributed by atoms with Gasteiger partial charge in [0.15, 0.2) is 0 Å². The maximum atomic E-state index is 11.9. The van der Waals surface area contributed by atoms with E-state index in [0.29, 0.717) is 5.69 Å². The van der Waals surface area contributed by atoms with Crippen LogP contribution in [0.15, 0.2) is 24.3 Å². The van der Waals surface area contributed by atoms with Gasteiger partial charge in [0.05, 0.1) is 12.1 Å². The van der Waals surface area contributed by atoms with E-state index in [1.807, 2.05) is 0 Å². The normalized spacial score (nSPS) is 24.0. The van der Waals surface area contributed by atoms with Crippen LogP contribution < -0.4 is 10.1 Å². The number of aliphatic hydroxyl groups is 1. The van der Waals surface area contributed by atoms with Gasteiger partial charge >= 0.3 is 6.36 Å². The third kappa shape index (κ3) is 3.53. The van der Waals surface area contributed by atoms with Crippen molar-refractivity contribution in [2.45, 2.75) is 37.8 Å². The highest BCUT2D eigenvalue weighted by Gasteiger charge is 2.31. The quantitative estimate of drug-likeness (QED) is 0.879. The van der Waals surface area contributed by atoms with Crippen LogP contribution in [-0.2, 0) is 0 Å². The maximum Gasteiger partial charge on any atom is 0.573 e. The molecule has 1 fully saturated rings. The van der Waals surface area contributed by atoms with Gasteiger partial charge in [-0.25, -0.2) is 0 Å². The molecular formula is C12H14F3NO2. The van der Waals surface area contributed by atoms with Crippen LogP contribution >= 0.6 is 0 Å². The molecule has 0 saturated heterocycles. The smallest absolute Gasteiger partial charge is 0.406 e. The molecule has 2 atom stereocenters. The van der Waals surface area contributed by atoms with Crippen molar-refractivity contribution in [2.24, 2.45) is 0 Å². The Labute approximate surface area is 103 Å². The Hall–Kier alpha value is -1.43. The second kappa shape index (κ2) is 5.06. The zero-order valence-electron chi connectivity index (χ0n) is 9.57. The highest BCUT2D eigenvalue weighted by molar-refractivity contribution is 5.47. The lowest BCUT2D eigenvalue weighted by Gasteiger charge is -2.18. The number of aliphatic hydroxyl groups excluding tert-OH is 1. The van der Waals surface area contributed by atoms with E-state index in [4.69, 9.17) is 0 Å². The van der Waals surface area contributed by atoms with Crippen molar-refractivity contribution in [2.75, 3.05) is 5.32 Å². The van der Waals surface area contributed by atoms with Crippen LogP contribution in [0.25, 0.3) is 0 Å². The number of hydrogen-bond acceptors (Lipinski definition) is 3. The zero-order chi connectivity index (χ0) is 13.2. The summed E-state index contributed by atoms with van der Waals surface area (Å²) >= 11 is 0. The van der Waals surface area contributed by atoms with Gasteiger partial charge in [0.25, 0.3) is 0 Å². The molecule has 100 valence electrons. The second-order valence-electron chi connectivity index (χ2n) is 4.32. The van der Waals surface area contributed by atoms with Gasteiger partial charge in [0, 0.05) is 5.69 Å². The summed E-state index contributed by atoms with van der Waals surface area (Å²) in [6.07, 6.45) is -2.49. The molecule has 3 nitrogen and oxygen atoms in total. The van der Waals surface area contributed by atoms with Crippen LogP contribution in [0.4, 0.5) is 18.9 Å². The number of alkyl halides is 3. The number of ether oxygens (including phenoxy) is 1. The molecule has 0 radical (unpaired) electrons. The zero-order valence-corrected chi connectivity index (χ0v) is 9.57. The van der Waals surface area contributed by atoms with E-state index in [1.54, 1.807) is 0 Å². The van der Waals surface area contributed by atoms with Crippen molar-refractivity contribution < 1.29 is 23.0 Å². The standard InChI is InChI=1S/C12H14F3NO2/c13-12(14,15)18-9-6-4-8(5-7-9)16-10-2-1-3-11(10)17/h4-7,10-11,16-17H,1-3H2. The molecule has 0 amide bonds. The van der Waals surface area contributed by atoms with Gasteiger partial charge in [0.1, 0.15) is 5.75 Å². The number of anilines is 1. The molecule has 1 saturated carbocycles. The number of nitrogens with one attached hydrogen (secondary N) is 1. The second-order valence-corrected chi connectivity index (χ2v) is 4.32. The SMILES string of the molecule is OC1CCCC1Nc1ccc(OC(F)(F)F)cc1. The molecule has 2 unspecified atom stereocenters. The molecule has 0 heterocycles. The largest absolute Gasteiger partial charge is 0.573 e. The minimum atomic E-state index is -4.67. The van der Waals surface area contributed by atoms with E-state index in [1.165, 1.54) is 24.3 Å². The first-order valence-corrected chi connectivity index (χ1v) is 5.74. The fourth-order valence-corrected chi connectivity index (χ4v) is 2.08. The average molecular weight is 261 g/mol. The highest BCUT2D eigenvalue weighted by atomic mass is 19.4. The van der Waals surface area contributed by atoms with Gasteiger partial charge in [-0.05, 0) is 43.5 Å². The summed E-state index contributed by atoms with van der Waals surface area (Å²) in [7, 11) is 0. The molecule has 18 heavy (non-hydrogen) atoms. The Bertz CT molecular complexity index is 391. The molecule has 1 aliphatic rings. The van der Waals surface area contributed by atoms with Crippen LogP contribution in [0.3, 0.4) is 0 Å². The topological polar surface area (TPSA) is 41.5 Å². The first-order chi connectivity index (χ1) is 8.44. The first kappa shape index (κ1) is 13.0. The van der Waals surface area contributed by atoms with Gasteiger partial charge in [0.2, 0.25) is 0 Å². The lowest BCUT2D eigenvalue weighted by atomic mass is 10.2. The van der Waals surface area contributed by atoms with Crippen molar-refractivity contribution >= 4 is 5.69 Å². The van der Waals surface area contributed by atoms with Gasteiger partial charge in [-0.2, -0.15) is 0 Å². The van der Waals surface area contributed by atoms with E-state index in [2.05, 4.69) is 10.1 Å². The lowest BCUT2D eigenvalue weighted by Crippen LogP contribution is -2.27. The van der Waals surface area contributed by atoms with E-state index >= 15 is 0 Å². The average Bonchev–Trinajstić information content (AvgIpc) is 2.65. The fourth-order valence-electron chi connectivity index (χ4n) is 2.08. The molecule has 1 aromatic rings. The lowest BCUT2D eigenvalue weighted by molar-refractivity contribution is -0.274. The van der Waals surface area contributed by atoms with Crippen molar-refractivity contribution in [3.63, 3.8) is 0 Å². The number of rotatable bonds is 3. The van der Waals surface area contributed by atoms with Gasteiger partial charge in [-0.3, -0.25) is 0 Å². The number of halogens is 3. The molecular weight excluding hydrogens is 247 g/mol. The first-order valence-electron chi connectivity index (χ1n) is 5.74. The van der Waals surface area contributed by atoms with Gasteiger partial charge in [-0.1, -0.05) is 0 Å². The summed E-state index contributed by atoms with van der Waals surface area (Å²) in [5.74, 6) is -0.250. The van der Waals surface area contributed by atoms with Gasteiger partial charge in [-0.15, -0.1) is 13.2 Å². The van der Waals surface area contributed by atoms with Crippen LogP contribution in [0.2, 0.25) is 0 Å². The van der Waals surface area contributed by atoms with Crippen LogP contribution in [0, 0.1) is 0 Å². The summed E-state index contributed by atoms with van der Waals surface area (Å²) in [5, 5.41) is 12.7. The molecule has 6 heteroatoms. The van der Waals surface area contributed by atoms with Crippen molar-refractivity contribution in [3.8, 4) is 5.75 Å². The van der Waals surface area contributed by atoms with Crippen molar-refractivity contribution in [3.05, 3.63) is 24.3 Å². The Kier molecular flexibility index (Phi) is 3.65. The van der Waals surface area contributed by atoms with Gasteiger partial charge < -0.3 is 15.2 Å². The number of benzene rings is 1. The fraction of sp³-hybridized carbons (Fsp3) is 0.500. The minimum Gasteiger partial charge on any atom is -0.406 e. The predicted molar refractivity (Wildman–Crippen MR) is 60.4 cm³/mol. The molecule has 0 spiro atoms. The number of hydrogen-bond donors (Lipinski definition) is 2. The summed E-state index contributed by atoms with van der Waals surface area (Å²) < 4.78 is 39.6. The maximum absolute atomic E-state index is 11.9. The predicted octanol–water partition coefficient (Wildman–Crippen LogP) is 2.91. The molecule has 1 aromatic carbocycles. The van der Waals surface area contributed by atoms with Crippen molar-refractivity contribution in [1.82, 2.24) is 0 Å². The molecule has 2 N–H and O–H groups in total. The third-order valence-electron chi connectivity index (χ3n) is 2.92. The van der Waals surface area contributed by atoms with Crippen LogP contribution in [0.1, 0.15) is 19.3 Å². The molecule has 1 aliphatic carbocycles. The summed E-state index contributed by atoms with van der Waals surface area (Å²) in [4.78, 5) is 0. The summed E-state index contributed by atoms with van der Waals surface area (Å²) in [5.41, 5.74) is 0.676. The Morgan fingerprint density at radius 2 is 1.83 bits per heavy atom. The third-order valence-corrected chi connectivity index (χ3v) is 2.92. The van der Waals surface area contributed by atoms with Crippen LogP contribution in [0.5, 0.6) is 5.75 Å². The molecule has 0 bridgehead atoms. The van der Waals surface area contributed by atoms with E-state index in [-0.39, 0.29) is 11.8 Å². The Morgan fingerprint density at radius 3 is 2.33 bits per heavy atom. The Morgan fingerprint density at radius 1 is 1.17 bits per heavy atom. The van der Waals surface area contributed by atoms with E-state index < -0.39 is 12.5 Å². The molecule has 0 aromatic heterocycles. The molecule has 2 rings (SSSR count). The van der Waals surface area contributed by atoms with E-state index in [9.17, 15) is 18.3 Å².